The van der Waals surface area contributed by atoms with E-state index in [1.807, 2.05) is 0 Å². The summed E-state index contributed by atoms with van der Waals surface area (Å²) in [6.07, 6.45) is 3.33. The Morgan fingerprint density at radius 2 is 2.19 bits per heavy atom. The van der Waals surface area contributed by atoms with Crippen molar-refractivity contribution in [2.24, 2.45) is 5.41 Å². The first-order valence-corrected chi connectivity index (χ1v) is 7.22. The predicted molar refractivity (Wildman–Crippen MR) is 74.9 cm³/mol. The van der Waals surface area contributed by atoms with Gasteiger partial charge in [-0.3, -0.25) is 4.79 Å². The third-order valence-corrected chi connectivity index (χ3v) is 5.00. The van der Waals surface area contributed by atoms with E-state index in [0.717, 1.165) is 0 Å². The van der Waals surface area contributed by atoms with Gasteiger partial charge in [0.2, 0.25) is 0 Å². The fraction of sp³-hybridized carbons (Fsp3) is 0.600. The fourth-order valence-electron chi connectivity index (χ4n) is 3.55. The van der Waals surface area contributed by atoms with Crippen molar-refractivity contribution in [3.8, 4) is 5.75 Å². The van der Waals surface area contributed by atoms with Crippen LogP contribution < -0.4 is 0 Å². The molecule has 6 heteroatoms. The third-order valence-electron chi connectivity index (χ3n) is 5.00. The number of carbonyl (C=O) groups excluding carboxylic acids is 1. The Hall–Kier alpha value is -1.66. The van der Waals surface area contributed by atoms with E-state index in [9.17, 15) is 15.0 Å². The largest absolute Gasteiger partial charge is 0.505 e. The molecule has 2 fully saturated rings. The Kier molecular flexibility index (Phi) is 3.59. The molecule has 1 aliphatic carbocycles. The molecule has 0 radical (unpaired) electrons. The first kappa shape index (κ1) is 14.3. The van der Waals surface area contributed by atoms with Crippen molar-refractivity contribution in [2.75, 3.05) is 20.2 Å². The molecule has 2 atom stereocenters. The lowest BCUT2D eigenvalue weighted by Gasteiger charge is -2.56. The zero-order chi connectivity index (χ0) is 15.0. The molecule has 1 aromatic rings. The highest BCUT2D eigenvalue weighted by Gasteiger charge is 2.56. The summed E-state index contributed by atoms with van der Waals surface area (Å²) in [4.78, 5) is 18.0. The number of methoxy groups -OCH3 is 1. The van der Waals surface area contributed by atoms with Crippen LogP contribution in [0.5, 0.6) is 5.75 Å². The smallest absolute Gasteiger partial charge is 0.276 e. The second kappa shape index (κ2) is 5.27. The maximum atomic E-state index is 12.4. The number of ether oxygens (including phenoxy) is 1. The number of aliphatic hydroxyl groups excluding tert-OH is 1. The molecular formula is C15H20N2O4. The van der Waals surface area contributed by atoms with Crippen LogP contribution in [0.2, 0.25) is 0 Å². The monoisotopic (exact) mass is 292 g/mol. The van der Waals surface area contributed by atoms with E-state index in [4.69, 9.17) is 4.74 Å². The fourth-order valence-corrected chi connectivity index (χ4v) is 3.55. The minimum absolute atomic E-state index is 0.0769. The van der Waals surface area contributed by atoms with Crippen molar-refractivity contribution in [2.45, 2.75) is 31.5 Å². The van der Waals surface area contributed by atoms with Crippen molar-refractivity contribution in [1.82, 2.24) is 9.88 Å². The van der Waals surface area contributed by atoms with Crippen LogP contribution in [-0.4, -0.2) is 58.4 Å². The van der Waals surface area contributed by atoms with Crippen molar-refractivity contribution >= 4 is 5.91 Å². The molecule has 0 aromatic carbocycles. The molecular weight excluding hydrogens is 272 g/mol. The summed E-state index contributed by atoms with van der Waals surface area (Å²) >= 11 is 0. The van der Waals surface area contributed by atoms with Crippen LogP contribution in [0, 0.1) is 5.41 Å². The first-order valence-electron chi connectivity index (χ1n) is 7.22. The van der Waals surface area contributed by atoms with Crippen LogP contribution in [-0.2, 0) is 4.74 Å². The van der Waals surface area contributed by atoms with E-state index in [2.05, 4.69) is 4.98 Å². The molecule has 1 saturated heterocycles. The Morgan fingerprint density at radius 1 is 1.48 bits per heavy atom. The van der Waals surface area contributed by atoms with Gasteiger partial charge in [0.25, 0.3) is 5.91 Å². The SMILES string of the molecule is CO[C@@H]1C[C@H](O)C12CCN(C(=O)c1ncccc1O)CC2. The zero-order valence-corrected chi connectivity index (χ0v) is 12.0. The molecule has 0 bridgehead atoms. The lowest BCUT2D eigenvalue weighted by molar-refractivity contribution is -0.199. The van der Waals surface area contributed by atoms with Crippen molar-refractivity contribution < 1.29 is 19.7 Å². The van der Waals surface area contributed by atoms with Crippen LogP contribution in [0.4, 0.5) is 0 Å². The van der Waals surface area contributed by atoms with Crippen molar-refractivity contribution in [1.29, 1.82) is 0 Å². The number of aliphatic hydroxyl groups is 1. The quantitative estimate of drug-likeness (QED) is 0.842. The molecule has 21 heavy (non-hydrogen) atoms. The average molecular weight is 292 g/mol. The topological polar surface area (TPSA) is 82.9 Å². The predicted octanol–water partition coefficient (Wildman–Crippen LogP) is 0.789. The summed E-state index contributed by atoms with van der Waals surface area (Å²) in [7, 11) is 1.67. The van der Waals surface area contributed by atoms with Gasteiger partial charge in [-0.1, -0.05) is 0 Å². The molecule has 3 rings (SSSR count). The maximum Gasteiger partial charge on any atom is 0.276 e. The molecule has 2 heterocycles. The van der Waals surface area contributed by atoms with E-state index in [0.29, 0.717) is 32.4 Å². The van der Waals surface area contributed by atoms with Gasteiger partial charge < -0.3 is 19.8 Å². The summed E-state index contributed by atoms with van der Waals surface area (Å²) in [5.74, 6) is -0.355. The number of aromatic nitrogens is 1. The molecule has 1 amide bonds. The number of nitrogens with zero attached hydrogens (tertiary/aromatic N) is 2. The normalized spacial score (nSPS) is 27.4. The van der Waals surface area contributed by atoms with Gasteiger partial charge in [0.15, 0.2) is 5.69 Å². The second-order valence-corrected chi connectivity index (χ2v) is 5.87. The van der Waals surface area contributed by atoms with Gasteiger partial charge in [0, 0.05) is 38.2 Å². The summed E-state index contributed by atoms with van der Waals surface area (Å²) in [6, 6.07) is 3.05. The minimum Gasteiger partial charge on any atom is -0.505 e. The van der Waals surface area contributed by atoms with E-state index >= 15 is 0 Å². The highest BCUT2D eigenvalue weighted by atomic mass is 16.5. The minimum atomic E-state index is -0.344. The highest BCUT2D eigenvalue weighted by molar-refractivity contribution is 5.94. The van der Waals surface area contributed by atoms with Gasteiger partial charge >= 0.3 is 0 Å². The number of likely N-dealkylation sites (tertiary alicyclic amines) is 1. The Bertz CT molecular complexity index is 540. The third kappa shape index (κ3) is 2.18. The van der Waals surface area contributed by atoms with Crippen LogP contribution in [0.15, 0.2) is 18.3 Å². The van der Waals surface area contributed by atoms with Crippen LogP contribution in [0.25, 0.3) is 0 Å². The van der Waals surface area contributed by atoms with Gasteiger partial charge in [-0.15, -0.1) is 0 Å². The van der Waals surface area contributed by atoms with Gasteiger partial charge in [0.05, 0.1) is 12.2 Å². The molecule has 0 unspecified atom stereocenters. The molecule has 1 aliphatic heterocycles. The van der Waals surface area contributed by atoms with Gasteiger partial charge in [-0.2, -0.15) is 0 Å². The number of piperidine rings is 1. The second-order valence-electron chi connectivity index (χ2n) is 5.87. The number of pyridine rings is 1. The molecule has 1 spiro atoms. The lowest BCUT2D eigenvalue weighted by atomic mass is 9.58. The van der Waals surface area contributed by atoms with Crippen molar-refractivity contribution in [3.63, 3.8) is 0 Å². The zero-order valence-electron chi connectivity index (χ0n) is 12.0. The highest BCUT2D eigenvalue weighted by Crippen LogP contribution is 2.50. The van der Waals surface area contributed by atoms with E-state index in [1.54, 1.807) is 18.1 Å². The Balaban J connectivity index is 1.69. The number of rotatable bonds is 2. The van der Waals surface area contributed by atoms with Gasteiger partial charge in [-0.25, -0.2) is 4.98 Å². The summed E-state index contributed by atoms with van der Waals surface area (Å²) < 4.78 is 5.43. The standard InChI is InChI=1S/C15H20N2O4/c1-21-12-9-11(19)15(12)4-7-17(8-5-15)14(20)13-10(18)3-2-6-16-13/h2-3,6,11-12,18-19H,4-5,7-9H2,1H3/t11-,12+/m0/s1. The first-order chi connectivity index (χ1) is 10.1. The molecule has 114 valence electrons. The number of aromatic hydroxyl groups is 1. The number of hydrogen-bond acceptors (Lipinski definition) is 5. The molecule has 2 aliphatic rings. The number of amides is 1. The Morgan fingerprint density at radius 3 is 2.76 bits per heavy atom. The summed E-state index contributed by atoms with van der Waals surface area (Å²) in [5.41, 5.74) is -0.122. The molecule has 1 saturated carbocycles. The molecule has 1 aromatic heterocycles. The maximum absolute atomic E-state index is 12.4. The number of carbonyl (C=O) groups is 1. The van der Waals surface area contributed by atoms with Crippen LogP contribution in [0.3, 0.4) is 0 Å². The van der Waals surface area contributed by atoms with Crippen LogP contribution in [0.1, 0.15) is 29.8 Å². The van der Waals surface area contributed by atoms with Crippen molar-refractivity contribution in [3.05, 3.63) is 24.0 Å². The van der Waals surface area contributed by atoms with Crippen LogP contribution >= 0.6 is 0 Å². The van der Waals surface area contributed by atoms with E-state index < -0.39 is 0 Å². The van der Waals surface area contributed by atoms with Gasteiger partial charge in [0.1, 0.15) is 5.75 Å². The Labute approximate surface area is 123 Å². The van der Waals surface area contributed by atoms with E-state index in [1.165, 1.54) is 12.3 Å². The average Bonchev–Trinajstić information content (AvgIpc) is 2.52. The summed E-state index contributed by atoms with van der Waals surface area (Å²) in [5, 5.41) is 19.8. The van der Waals surface area contributed by atoms with Gasteiger partial charge in [-0.05, 0) is 25.0 Å². The molecule has 6 nitrogen and oxygen atoms in total. The van der Waals surface area contributed by atoms with E-state index in [-0.39, 0.29) is 35.0 Å². The molecule has 2 N–H and O–H groups in total. The lowest BCUT2D eigenvalue weighted by Crippen LogP contribution is -2.62. The number of hydrogen-bond donors (Lipinski definition) is 2. The summed E-state index contributed by atoms with van der Waals surface area (Å²) in [6.45, 7) is 1.09.